The zero-order chi connectivity index (χ0) is 26.5. The van der Waals surface area contributed by atoms with E-state index in [1.54, 1.807) is 22.9 Å². The number of halogens is 4. The second-order valence-corrected chi connectivity index (χ2v) is 9.81. The van der Waals surface area contributed by atoms with Gasteiger partial charge in [0, 0.05) is 37.1 Å². The normalized spacial score (nSPS) is 17.2. The maximum Gasteiger partial charge on any atom is 0.416 e. The molecule has 0 radical (unpaired) electrons. The number of amides is 2. The van der Waals surface area contributed by atoms with Crippen LogP contribution in [0.15, 0.2) is 54.9 Å². The van der Waals surface area contributed by atoms with Crippen molar-refractivity contribution in [3.63, 3.8) is 0 Å². The average molecular weight is 515 g/mol. The summed E-state index contributed by atoms with van der Waals surface area (Å²) < 4.78 is 54.4. The summed E-state index contributed by atoms with van der Waals surface area (Å²) in [6.07, 6.45) is -2.65. The number of likely N-dealkylation sites (tertiary alicyclic amines) is 2. The number of alkyl halides is 3. The topological polar surface area (TPSA) is 58.4 Å². The first kappa shape index (κ1) is 25.0. The van der Waals surface area contributed by atoms with Gasteiger partial charge in [-0.2, -0.15) is 18.3 Å². The van der Waals surface area contributed by atoms with Crippen molar-refractivity contribution in [2.24, 2.45) is 5.92 Å². The number of hydrogen-bond donors (Lipinski definition) is 0. The van der Waals surface area contributed by atoms with Gasteiger partial charge in [0.15, 0.2) is 5.83 Å². The third-order valence-electron chi connectivity index (χ3n) is 7.24. The van der Waals surface area contributed by atoms with Gasteiger partial charge in [-0.3, -0.25) is 14.3 Å². The Hall–Kier alpha value is -3.69. The highest BCUT2D eigenvalue weighted by Crippen LogP contribution is 2.37. The lowest BCUT2D eigenvalue weighted by Gasteiger charge is -2.39. The Morgan fingerprint density at radius 2 is 1.65 bits per heavy atom. The summed E-state index contributed by atoms with van der Waals surface area (Å²) in [6, 6.07) is 9.64. The van der Waals surface area contributed by atoms with E-state index in [2.05, 4.69) is 13.5 Å². The Bertz CT molecular complexity index is 1370. The van der Waals surface area contributed by atoms with Gasteiger partial charge in [-0.1, -0.05) is 37.8 Å². The van der Waals surface area contributed by atoms with E-state index in [0.717, 1.165) is 25.0 Å². The van der Waals surface area contributed by atoms with Crippen LogP contribution in [0.2, 0.25) is 0 Å². The van der Waals surface area contributed by atoms with Crippen molar-refractivity contribution in [3.8, 4) is 11.3 Å². The fourth-order valence-electron chi connectivity index (χ4n) is 4.99. The standard InChI is InChI=1S/C27H26F4N4O2/c1-16-10-12-33(13-11-16)26(37)22-5-3-4-21-23(18-6-8-19(9-7-18)27(29,30)31)32-35(24(21)22)20-14-34(15-20)25(36)17(2)28/h3-9,16,20H,2,10-15H2,1H3. The number of fused-ring (bicyclic) bond motifs is 1. The van der Waals surface area contributed by atoms with Gasteiger partial charge in [-0.15, -0.1) is 0 Å². The maximum absolute atomic E-state index is 13.6. The molecule has 0 unspecified atom stereocenters. The summed E-state index contributed by atoms with van der Waals surface area (Å²) in [7, 11) is 0. The molecule has 2 fully saturated rings. The quantitative estimate of drug-likeness (QED) is 0.343. The van der Waals surface area contributed by atoms with Crippen molar-refractivity contribution < 1.29 is 27.2 Å². The second kappa shape index (κ2) is 9.32. The smallest absolute Gasteiger partial charge is 0.339 e. The molecule has 6 nitrogen and oxygen atoms in total. The highest BCUT2D eigenvalue weighted by molar-refractivity contribution is 6.09. The average Bonchev–Trinajstić information content (AvgIpc) is 3.22. The molecule has 0 aliphatic carbocycles. The second-order valence-electron chi connectivity index (χ2n) is 9.81. The summed E-state index contributed by atoms with van der Waals surface area (Å²) in [5, 5.41) is 5.34. The van der Waals surface area contributed by atoms with Crippen molar-refractivity contribution in [1.82, 2.24) is 19.6 Å². The van der Waals surface area contributed by atoms with E-state index in [9.17, 15) is 27.2 Å². The van der Waals surface area contributed by atoms with Gasteiger partial charge in [0.05, 0.1) is 22.7 Å². The van der Waals surface area contributed by atoms with Gasteiger partial charge < -0.3 is 9.80 Å². The minimum atomic E-state index is -4.46. The van der Waals surface area contributed by atoms with Gasteiger partial charge in [0.1, 0.15) is 5.69 Å². The minimum absolute atomic E-state index is 0.137. The first-order valence-electron chi connectivity index (χ1n) is 12.2. The molecule has 2 amide bonds. The molecular weight excluding hydrogens is 488 g/mol. The minimum Gasteiger partial charge on any atom is -0.339 e. The summed E-state index contributed by atoms with van der Waals surface area (Å²) in [5.41, 5.74) is 1.13. The Labute approximate surface area is 211 Å². The molecule has 10 heteroatoms. The van der Waals surface area contributed by atoms with Crippen molar-refractivity contribution in [1.29, 1.82) is 0 Å². The van der Waals surface area contributed by atoms with Crippen molar-refractivity contribution >= 4 is 22.7 Å². The van der Waals surface area contributed by atoms with Crippen LogP contribution in [0.5, 0.6) is 0 Å². The molecule has 0 spiro atoms. The van der Waals surface area contributed by atoms with E-state index in [0.29, 0.717) is 46.7 Å². The van der Waals surface area contributed by atoms with E-state index >= 15 is 0 Å². The van der Waals surface area contributed by atoms with Crippen LogP contribution in [0.3, 0.4) is 0 Å². The van der Waals surface area contributed by atoms with Crippen LogP contribution in [-0.4, -0.2) is 57.6 Å². The van der Waals surface area contributed by atoms with E-state index in [4.69, 9.17) is 5.10 Å². The number of nitrogens with zero attached hydrogens (tertiary/aromatic N) is 4. The number of carbonyl (C=O) groups excluding carboxylic acids is 2. The number of para-hydroxylation sites is 1. The zero-order valence-electron chi connectivity index (χ0n) is 20.3. The third kappa shape index (κ3) is 4.60. The van der Waals surface area contributed by atoms with E-state index < -0.39 is 23.5 Å². The summed E-state index contributed by atoms with van der Waals surface area (Å²) in [4.78, 5) is 28.7. The molecule has 37 heavy (non-hydrogen) atoms. The molecule has 2 aromatic carbocycles. The van der Waals surface area contributed by atoms with Crippen molar-refractivity contribution in [2.45, 2.75) is 32.0 Å². The fourth-order valence-corrected chi connectivity index (χ4v) is 4.99. The van der Waals surface area contributed by atoms with Gasteiger partial charge in [0.2, 0.25) is 0 Å². The highest BCUT2D eigenvalue weighted by atomic mass is 19.4. The molecule has 194 valence electrons. The molecule has 5 rings (SSSR count). The van der Waals surface area contributed by atoms with Gasteiger partial charge >= 0.3 is 6.18 Å². The van der Waals surface area contributed by atoms with Crippen molar-refractivity contribution in [3.05, 3.63) is 66.0 Å². The monoisotopic (exact) mass is 514 g/mol. The maximum atomic E-state index is 13.6. The van der Waals surface area contributed by atoms with Gasteiger partial charge in [0.25, 0.3) is 11.8 Å². The molecule has 0 saturated carbocycles. The molecule has 0 N–H and O–H groups in total. The molecular formula is C27H26F4N4O2. The Morgan fingerprint density at radius 3 is 2.24 bits per heavy atom. The number of benzene rings is 2. The number of hydrogen-bond acceptors (Lipinski definition) is 3. The van der Waals surface area contributed by atoms with Crippen LogP contribution in [0, 0.1) is 5.92 Å². The van der Waals surface area contributed by atoms with E-state index in [1.165, 1.54) is 17.0 Å². The third-order valence-corrected chi connectivity index (χ3v) is 7.24. The fraction of sp³-hybridized carbons (Fsp3) is 0.370. The van der Waals surface area contributed by atoms with Gasteiger partial charge in [-0.05, 0) is 37.0 Å². The predicted octanol–water partition coefficient (Wildman–Crippen LogP) is 5.46. The number of rotatable bonds is 4. The Morgan fingerprint density at radius 1 is 1.00 bits per heavy atom. The van der Waals surface area contributed by atoms with Crippen LogP contribution in [0.1, 0.15) is 41.7 Å². The lowest BCUT2D eigenvalue weighted by atomic mass is 9.98. The molecule has 0 atom stereocenters. The summed E-state index contributed by atoms with van der Waals surface area (Å²) >= 11 is 0. The van der Waals surface area contributed by atoms with E-state index in [-0.39, 0.29) is 25.0 Å². The number of carbonyl (C=O) groups is 2. The predicted molar refractivity (Wildman–Crippen MR) is 130 cm³/mol. The van der Waals surface area contributed by atoms with Crippen LogP contribution in [0.25, 0.3) is 22.2 Å². The molecule has 0 bridgehead atoms. The molecule has 2 aliphatic heterocycles. The van der Waals surface area contributed by atoms with E-state index in [1.807, 2.05) is 4.90 Å². The lowest BCUT2D eigenvalue weighted by Crippen LogP contribution is -2.51. The first-order valence-corrected chi connectivity index (χ1v) is 12.2. The summed E-state index contributed by atoms with van der Waals surface area (Å²) in [6.45, 7) is 6.84. The van der Waals surface area contributed by atoms with Crippen molar-refractivity contribution in [2.75, 3.05) is 26.2 Å². The van der Waals surface area contributed by atoms with Crippen LogP contribution in [0.4, 0.5) is 17.6 Å². The number of aromatic nitrogens is 2. The molecule has 3 aromatic rings. The molecule has 1 aromatic heterocycles. The Kier molecular flexibility index (Phi) is 6.29. The SMILES string of the molecule is C=C(F)C(=O)N1CC(n2nc(-c3ccc(C(F)(F)F)cc3)c3cccc(C(=O)N4CCC(C)CC4)c32)C1. The summed E-state index contributed by atoms with van der Waals surface area (Å²) in [5.74, 6) is -1.44. The largest absolute Gasteiger partial charge is 0.416 e. The van der Waals surface area contributed by atoms with Gasteiger partial charge in [-0.25, -0.2) is 4.39 Å². The Balaban J connectivity index is 1.58. The highest BCUT2D eigenvalue weighted by Gasteiger charge is 2.37. The van der Waals surface area contributed by atoms with Crippen LogP contribution >= 0.6 is 0 Å². The molecule has 2 saturated heterocycles. The zero-order valence-corrected chi connectivity index (χ0v) is 20.3. The number of piperidine rings is 1. The molecule has 3 heterocycles. The van der Waals surface area contributed by atoms with Crippen LogP contribution in [-0.2, 0) is 11.0 Å². The lowest BCUT2D eigenvalue weighted by molar-refractivity contribution is -0.137. The molecule has 2 aliphatic rings. The first-order chi connectivity index (χ1) is 17.5. The van der Waals surface area contributed by atoms with Crippen LogP contribution < -0.4 is 0 Å².